The molecule has 0 spiro atoms. The Labute approximate surface area is 205 Å². The number of rotatable bonds is 7. The summed E-state index contributed by atoms with van der Waals surface area (Å²) < 4.78 is 11.1. The minimum absolute atomic E-state index is 0.0512. The van der Waals surface area contributed by atoms with Gasteiger partial charge in [0.1, 0.15) is 38.7 Å². The molecule has 3 aromatic carbocycles. The molecule has 7 nitrogen and oxygen atoms in total. The predicted octanol–water partition coefficient (Wildman–Crippen LogP) is 6.62. The molecular weight excluding hydrogens is 460 g/mol. The van der Waals surface area contributed by atoms with Crippen molar-refractivity contribution in [2.24, 2.45) is 0 Å². The van der Waals surface area contributed by atoms with Crippen molar-refractivity contribution in [1.29, 1.82) is 5.26 Å². The van der Waals surface area contributed by atoms with E-state index in [9.17, 15) is 10.1 Å². The first kappa shape index (κ1) is 21.9. The molecule has 0 saturated heterocycles. The van der Waals surface area contributed by atoms with E-state index in [-0.39, 0.29) is 21.9 Å². The van der Waals surface area contributed by atoms with Gasteiger partial charge >= 0.3 is 0 Å². The lowest BCUT2D eigenvalue weighted by molar-refractivity contribution is 0.100. The van der Waals surface area contributed by atoms with Gasteiger partial charge in [-0.15, -0.1) is 11.3 Å². The molecule has 0 aliphatic rings. The lowest BCUT2D eigenvalue weighted by Gasteiger charge is -2.08. The monoisotopic (exact) mass is 478 g/mol. The smallest absolute Gasteiger partial charge is 0.243 e. The van der Waals surface area contributed by atoms with Crippen molar-refractivity contribution in [2.45, 2.75) is 0 Å². The average Bonchev–Trinajstić information content (AvgIpc) is 3.51. The van der Waals surface area contributed by atoms with Gasteiger partial charge in [0.25, 0.3) is 0 Å². The number of benzene rings is 3. The first-order valence-electron chi connectivity index (χ1n) is 10.6. The van der Waals surface area contributed by atoms with Crippen molar-refractivity contribution in [3.63, 3.8) is 0 Å². The van der Waals surface area contributed by atoms with Gasteiger partial charge in [-0.1, -0.05) is 53.7 Å². The lowest BCUT2D eigenvalue weighted by atomic mass is 10.1. The Morgan fingerprint density at radius 3 is 2.31 bits per heavy atom. The number of nitrogens with zero attached hydrogens (tertiary/aromatic N) is 2. The summed E-state index contributed by atoms with van der Waals surface area (Å²) in [4.78, 5) is 13.3. The Kier molecular flexibility index (Phi) is 5.99. The zero-order valence-corrected chi connectivity index (χ0v) is 19.1. The van der Waals surface area contributed by atoms with Crippen LogP contribution in [0.25, 0.3) is 11.3 Å². The SMILES string of the molecule is N#Cc1c(Nc2ccc(Oc3ccccc3)cc2)sc(C(=O)c2cc(-c3ccccc3)no2)c1N. The van der Waals surface area contributed by atoms with Crippen LogP contribution in [0, 0.1) is 11.3 Å². The molecule has 5 rings (SSSR count). The van der Waals surface area contributed by atoms with E-state index in [1.165, 1.54) is 0 Å². The second kappa shape index (κ2) is 9.55. The fourth-order valence-corrected chi connectivity index (χ4v) is 4.45. The van der Waals surface area contributed by atoms with Crippen LogP contribution in [-0.4, -0.2) is 10.9 Å². The number of ether oxygens (including phenoxy) is 1. The molecule has 8 heteroatoms. The van der Waals surface area contributed by atoms with E-state index in [0.29, 0.717) is 22.1 Å². The molecule has 0 aliphatic carbocycles. The number of carbonyl (C=O) groups is 1. The van der Waals surface area contributed by atoms with Crippen LogP contribution in [0.15, 0.2) is 95.5 Å². The quantitative estimate of drug-likeness (QED) is 0.253. The Bertz CT molecular complexity index is 1520. The molecule has 35 heavy (non-hydrogen) atoms. The second-order valence-corrected chi connectivity index (χ2v) is 8.52. The summed E-state index contributed by atoms with van der Waals surface area (Å²) in [5.74, 6) is 1.02. The average molecular weight is 479 g/mol. The maximum Gasteiger partial charge on any atom is 0.243 e. The molecule has 0 bridgehead atoms. The summed E-state index contributed by atoms with van der Waals surface area (Å²) in [6.07, 6.45) is 0. The summed E-state index contributed by atoms with van der Waals surface area (Å²) in [6.45, 7) is 0. The van der Waals surface area contributed by atoms with Gasteiger partial charge in [-0.25, -0.2) is 0 Å². The van der Waals surface area contributed by atoms with Crippen LogP contribution in [0.3, 0.4) is 0 Å². The summed E-state index contributed by atoms with van der Waals surface area (Å²) in [5, 5.41) is 17.3. The van der Waals surface area contributed by atoms with E-state index in [2.05, 4.69) is 16.5 Å². The van der Waals surface area contributed by atoms with Crippen LogP contribution in [-0.2, 0) is 0 Å². The molecular formula is C27H18N4O3S. The number of nitriles is 1. The summed E-state index contributed by atoms with van der Waals surface area (Å²) in [7, 11) is 0. The fraction of sp³-hybridized carbons (Fsp3) is 0. The first-order chi connectivity index (χ1) is 17.1. The van der Waals surface area contributed by atoms with Gasteiger partial charge in [-0.2, -0.15) is 5.26 Å². The minimum atomic E-state index is -0.432. The van der Waals surface area contributed by atoms with E-state index in [1.54, 1.807) is 6.07 Å². The third-order valence-corrected chi connectivity index (χ3v) is 6.28. The van der Waals surface area contributed by atoms with Crippen LogP contribution < -0.4 is 15.8 Å². The van der Waals surface area contributed by atoms with Crippen LogP contribution in [0.2, 0.25) is 0 Å². The molecule has 0 radical (unpaired) electrons. The molecule has 2 heterocycles. The Morgan fingerprint density at radius 2 is 1.63 bits per heavy atom. The highest BCUT2D eigenvalue weighted by molar-refractivity contribution is 7.19. The van der Waals surface area contributed by atoms with Crippen molar-refractivity contribution < 1.29 is 14.1 Å². The predicted molar refractivity (Wildman–Crippen MR) is 135 cm³/mol. The molecule has 0 saturated carbocycles. The number of nitrogens with one attached hydrogen (secondary N) is 1. The third-order valence-electron chi connectivity index (χ3n) is 5.16. The number of para-hydroxylation sites is 1. The minimum Gasteiger partial charge on any atom is -0.457 e. The van der Waals surface area contributed by atoms with E-state index in [1.807, 2.05) is 84.9 Å². The van der Waals surface area contributed by atoms with E-state index in [4.69, 9.17) is 15.0 Å². The number of hydrogen-bond acceptors (Lipinski definition) is 8. The highest BCUT2D eigenvalue weighted by Gasteiger charge is 2.25. The molecule has 5 aromatic rings. The molecule has 170 valence electrons. The van der Waals surface area contributed by atoms with Gasteiger partial charge in [-0.05, 0) is 36.4 Å². The summed E-state index contributed by atoms with van der Waals surface area (Å²) in [6, 6.07) is 29.8. The largest absolute Gasteiger partial charge is 0.457 e. The van der Waals surface area contributed by atoms with E-state index in [0.717, 1.165) is 22.6 Å². The Balaban J connectivity index is 1.36. The van der Waals surface area contributed by atoms with Crippen molar-refractivity contribution >= 4 is 33.5 Å². The molecule has 0 atom stereocenters. The molecule has 2 aromatic heterocycles. The molecule has 0 unspecified atom stereocenters. The normalized spacial score (nSPS) is 10.5. The van der Waals surface area contributed by atoms with Crippen LogP contribution in [0.1, 0.15) is 21.0 Å². The maximum atomic E-state index is 13.1. The van der Waals surface area contributed by atoms with Crippen molar-refractivity contribution in [1.82, 2.24) is 5.16 Å². The number of nitrogens with two attached hydrogens (primary N) is 1. The zero-order valence-electron chi connectivity index (χ0n) is 18.3. The zero-order chi connectivity index (χ0) is 24.2. The number of carbonyl (C=O) groups excluding carboxylic acids is 1. The fourth-order valence-electron chi connectivity index (χ4n) is 3.41. The number of hydrogen-bond donors (Lipinski definition) is 2. The Hall–Kier alpha value is -4.87. The van der Waals surface area contributed by atoms with Crippen molar-refractivity contribution in [3.05, 3.63) is 107 Å². The Morgan fingerprint density at radius 1 is 0.971 bits per heavy atom. The molecule has 0 fully saturated rings. The maximum absolute atomic E-state index is 13.1. The number of nitrogen functional groups attached to an aromatic ring is 1. The van der Waals surface area contributed by atoms with Gasteiger partial charge < -0.3 is 20.3 Å². The molecule has 3 N–H and O–H groups in total. The third kappa shape index (κ3) is 4.62. The standard InChI is InChI=1S/C27H18N4O3S/c28-16-21-24(29)26(25(32)23-15-22(31-34-23)17-7-3-1-4-8-17)35-27(21)30-18-11-13-20(14-12-18)33-19-9-5-2-6-10-19/h1-15,30H,29H2. The van der Waals surface area contributed by atoms with E-state index < -0.39 is 5.78 Å². The van der Waals surface area contributed by atoms with E-state index >= 15 is 0 Å². The first-order valence-corrected chi connectivity index (χ1v) is 11.4. The summed E-state index contributed by atoms with van der Waals surface area (Å²) in [5.41, 5.74) is 8.57. The highest BCUT2D eigenvalue weighted by atomic mass is 32.1. The van der Waals surface area contributed by atoms with Gasteiger partial charge in [0, 0.05) is 17.3 Å². The number of anilines is 3. The van der Waals surface area contributed by atoms with Gasteiger partial charge in [0.2, 0.25) is 11.5 Å². The molecule has 0 amide bonds. The lowest BCUT2D eigenvalue weighted by Crippen LogP contribution is -2.01. The van der Waals surface area contributed by atoms with Crippen molar-refractivity contribution in [2.75, 3.05) is 11.1 Å². The summed E-state index contributed by atoms with van der Waals surface area (Å²) >= 11 is 1.09. The van der Waals surface area contributed by atoms with Gasteiger partial charge in [-0.3, -0.25) is 4.79 Å². The number of ketones is 1. The van der Waals surface area contributed by atoms with Crippen molar-refractivity contribution in [3.8, 4) is 28.8 Å². The van der Waals surface area contributed by atoms with Crippen LogP contribution >= 0.6 is 11.3 Å². The number of thiophene rings is 1. The second-order valence-electron chi connectivity index (χ2n) is 7.50. The number of aromatic nitrogens is 1. The van der Waals surface area contributed by atoms with Crippen LogP contribution in [0.4, 0.5) is 16.4 Å². The van der Waals surface area contributed by atoms with Crippen LogP contribution in [0.5, 0.6) is 11.5 Å². The molecule has 0 aliphatic heterocycles. The van der Waals surface area contributed by atoms with Gasteiger partial charge in [0.15, 0.2) is 0 Å². The topological polar surface area (TPSA) is 114 Å². The van der Waals surface area contributed by atoms with Gasteiger partial charge in [0.05, 0.1) is 5.69 Å². The highest BCUT2D eigenvalue weighted by Crippen LogP contribution is 2.39.